The summed E-state index contributed by atoms with van der Waals surface area (Å²) in [6.45, 7) is 4.31. The first kappa shape index (κ1) is 15.3. The van der Waals surface area contributed by atoms with E-state index < -0.39 is 0 Å². The monoisotopic (exact) mass is 308 g/mol. The molecule has 108 valence electrons. The molecule has 5 heteroatoms. The number of amides is 1. The Hall–Kier alpha value is -1.07. The van der Waals surface area contributed by atoms with E-state index in [-0.39, 0.29) is 11.9 Å². The topological polar surface area (TPSA) is 32.3 Å². The van der Waals surface area contributed by atoms with Crippen molar-refractivity contribution in [2.75, 3.05) is 16.9 Å². The Labute approximate surface area is 130 Å². The number of hydrogen-bond acceptors (Lipinski definition) is 3. The highest BCUT2D eigenvalue weighted by molar-refractivity contribution is 7.98. The van der Waals surface area contributed by atoms with Gasteiger partial charge in [0.15, 0.2) is 5.11 Å². The Bertz CT molecular complexity index is 499. The summed E-state index contributed by atoms with van der Waals surface area (Å²) < 4.78 is 0. The van der Waals surface area contributed by atoms with Crippen molar-refractivity contribution in [2.45, 2.75) is 32.2 Å². The van der Waals surface area contributed by atoms with Gasteiger partial charge in [-0.2, -0.15) is 11.8 Å². The average molecular weight is 308 g/mol. The van der Waals surface area contributed by atoms with Crippen LogP contribution in [0, 0.1) is 0 Å². The summed E-state index contributed by atoms with van der Waals surface area (Å²) >= 11 is 7.04. The van der Waals surface area contributed by atoms with Crippen molar-refractivity contribution in [1.82, 2.24) is 5.32 Å². The van der Waals surface area contributed by atoms with Crippen LogP contribution in [-0.4, -0.2) is 29.1 Å². The number of benzene rings is 1. The number of nitrogens with one attached hydrogen (secondary N) is 1. The van der Waals surface area contributed by atoms with Gasteiger partial charge in [0, 0.05) is 0 Å². The molecule has 1 amide bonds. The first-order valence-corrected chi connectivity index (χ1v) is 8.58. The predicted octanol–water partition coefficient (Wildman–Crippen LogP) is 3.15. The van der Waals surface area contributed by atoms with E-state index in [1.165, 1.54) is 5.56 Å². The van der Waals surface area contributed by atoms with Crippen LogP contribution in [0.5, 0.6) is 0 Å². The lowest BCUT2D eigenvalue weighted by molar-refractivity contribution is -0.118. The summed E-state index contributed by atoms with van der Waals surface area (Å²) in [5.41, 5.74) is 2.11. The Morgan fingerprint density at radius 1 is 1.35 bits per heavy atom. The van der Waals surface area contributed by atoms with Crippen molar-refractivity contribution in [3.05, 3.63) is 29.8 Å². The lowest BCUT2D eigenvalue weighted by atomic mass is 10.0. The average Bonchev–Trinajstić information content (AvgIpc) is 2.71. The van der Waals surface area contributed by atoms with Gasteiger partial charge in [-0.3, -0.25) is 9.69 Å². The van der Waals surface area contributed by atoms with E-state index in [0.29, 0.717) is 11.0 Å². The normalized spacial score (nSPS) is 18.8. The third kappa shape index (κ3) is 3.15. The maximum atomic E-state index is 12.4. The van der Waals surface area contributed by atoms with Crippen LogP contribution in [0.4, 0.5) is 5.69 Å². The molecule has 1 heterocycles. The molecular formula is C15H20N2OS2. The van der Waals surface area contributed by atoms with Gasteiger partial charge in [0.1, 0.15) is 6.04 Å². The standard InChI is InChI=1S/C15H20N2OS2/c1-10(2)11-4-6-12(7-5-11)17-14(18)13(8-9-20-3)16-15(17)19/h4-7,10,13H,8-9H2,1-3H3,(H,16,19)/t13-/m1/s1. The molecule has 1 fully saturated rings. The highest BCUT2D eigenvalue weighted by atomic mass is 32.2. The third-order valence-electron chi connectivity index (χ3n) is 3.45. The number of thioether (sulfide) groups is 1. The molecule has 20 heavy (non-hydrogen) atoms. The molecule has 1 atom stereocenters. The van der Waals surface area contributed by atoms with Gasteiger partial charge in [0.2, 0.25) is 0 Å². The summed E-state index contributed by atoms with van der Waals surface area (Å²) in [7, 11) is 0. The molecule has 3 nitrogen and oxygen atoms in total. The molecule has 1 saturated heterocycles. The number of anilines is 1. The van der Waals surface area contributed by atoms with E-state index in [4.69, 9.17) is 12.2 Å². The van der Waals surface area contributed by atoms with Gasteiger partial charge in [0.25, 0.3) is 5.91 Å². The number of carbonyl (C=O) groups is 1. The van der Waals surface area contributed by atoms with Crippen molar-refractivity contribution in [3.8, 4) is 0 Å². The molecule has 1 N–H and O–H groups in total. The second kappa shape index (κ2) is 6.59. The van der Waals surface area contributed by atoms with Crippen LogP contribution in [0.25, 0.3) is 0 Å². The van der Waals surface area contributed by atoms with E-state index in [9.17, 15) is 4.79 Å². The fraction of sp³-hybridized carbons (Fsp3) is 0.467. The summed E-state index contributed by atoms with van der Waals surface area (Å²) in [5, 5.41) is 3.63. The van der Waals surface area contributed by atoms with Crippen LogP contribution in [0.1, 0.15) is 31.7 Å². The molecule has 0 unspecified atom stereocenters. The number of thiocarbonyl (C=S) groups is 1. The summed E-state index contributed by atoms with van der Waals surface area (Å²) in [5.74, 6) is 1.49. The molecule has 0 radical (unpaired) electrons. The zero-order valence-corrected chi connectivity index (χ0v) is 13.7. The third-order valence-corrected chi connectivity index (χ3v) is 4.39. The summed E-state index contributed by atoms with van der Waals surface area (Å²) in [4.78, 5) is 14.0. The van der Waals surface area contributed by atoms with E-state index >= 15 is 0 Å². The minimum atomic E-state index is -0.181. The molecular weight excluding hydrogens is 288 g/mol. The number of nitrogens with zero attached hydrogens (tertiary/aromatic N) is 1. The molecule has 0 spiro atoms. The molecule has 1 aliphatic rings. The lowest BCUT2D eigenvalue weighted by Gasteiger charge is -2.16. The van der Waals surface area contributed by atoms with E-state index in [0.717, 1.165) is 17.9 Å². The zero-order valence-electron chi connectivity index (χ0n) is 12.1. The molecule has 0 bridgehead atoms. The van der Waals surface area contributed by atoms with E-state index in [1.807, 2.05) is 18.4 Å². The molecule has 0 aliphatic carbocycles. The maximum absolute atomic E-state index is 12.4. The second-order valence-electron chi connectivity index (χ2n) is 5.20. The molecule has 1 aromatic rings. The van der Waals surface area contributed by atoms with Crippen LogP contribution in [0.2, 0.25) is 0 Å². The van der Waals surface area contributed by atoms with Crippen molar-refractivity contribution in [2.24, 2.45) is 0 Å². The van der Waals surface area contributed by atoms with Crippen LogP contribution >= 0.6 is 24.0 Å². The number of rotatable bonds is 5. The van der Waals surface area contributed by atoms with Gasteiger partial charge >= 0.3 is 0 Å². The Morgan fingerprint density at radius 3 is 2.55 bits per heavy atom. The summed E-state index contributed by atoms with van der Waals surface area (Å²) in [6, 6.07) is 7.88. The predicted molar refractivity (Wildman–Crippen MR) is 90.5 cm³/mol. The zero-order chi connectivity index (χ0) is 14.7. The number of carbonyl (C=O) groups excluding carboxylic acids is 1. The van der Waals surface area contributed by atoms with Gasteiger partial charge in [-0.05, 0) is 54.3 Å². The Kier molecular flexibility index (Phi) is 5.05. The second-order valence-corrected chi connectivity index (χ2v) is 6.58. The van der Waals surface area contributed by atoms with Crippen molar-refractivity contribution < 1.29 is 4.79 Å². The highest BCUT2D eigenvalue weighted by Gasteiger charge is 2.35. The minimum Gasteiger partial charge on any atom is -0.350 e. The van der Waals surface area contributed by atoms with Crippen LogP contribution in [0.3, 0.4) is 0 Å². The lowest BCUT2D eigenvalue weighted by Crippen LogP contribution is -2.31. The molecule has 0 saturated carbocycles. The van der Waals surface area contributed by atoms with Gasteiger partial charge in [-0.15, -0.1) is 0 Å². The Balaban J connectivity index is 2.15. The fourth-order valence-electron chi connectivity index (χ4n) is 2.22. The number of hydrogen-bond donors (Lipinski definition) is 1. The first-order valence-electron chi connectivity index (χ1n) is 6.78. The van der Waals surface area contributed by atoms with E-state index in [1.54, 1.807) is 16.7 Å². The minimum absolute atomic E-state index is 0.0568. The fourth-order valence-corrected chi connectivity index (χ4v) is 3.02. The molecule has 2 rings (SSSR count). The largest absolute Gasteiger partial charge is 0.350 e. The van der Waals surface area contributed by atoms with Gasteiger partial charge in [0.05, 0.1) is 5.69 Å². The smallest absolute Gasteiger partial charge is 0.255 e. The van der Waals surface area contributed by atoms with Crippen molar-refractivity contribution in [1.29, 1.82) is 0 Å². The molecule has 1 aromatic carbocycles. The summed E-state index contributed by atoms with van der Waals surface area (Å²) in [6.07, 6.45) is 2.85. The maximum Gasteiger partial charge on any atom is 0.255 e. The SMILES string of the molecule is CSCC[C@H]1NC(=S)N(c2ccc(C(C)C)cc2)C1=O. The molecule has 0 aromatic heterocycles. The first-order chi connectivity index (χ1) is 9.54. The van der Waals surface area contributed by atoms with Crippen molar-refractivity contribution in [3.63, 3.8) is 0 Å². The Morgan fingerprint density at radius 2 is 2.00 bits per heavy atom. The van der Waals surface area contributed by atoms with E-state index in [2.05, 4.69) is 31.3 Å². The molecule has 1 aliphatic heterocycles. The van der Waals surface area contributed by atoms with Crippen LogP contribution in [0.15, 0.2) is 24.3 Å². The highest BCUT2D eigenvalue weighted by Crippen LogP contribution is 2.24. The van der Waals surface area contributed by atoms with Gasteiger partial charge in [-0.1, -0.05) is 26.0 Å². The quantitative estimate of drug-likeness (QED) is 0.847. The van der Waals surface area contributed by atoms with Gasteiger partial charge < -0.3 is 5.32 Å². The van der Waals surface area contributed by atoms with Gasteiger partial charge in [-0.25, -0.2) is 0 Å². The van der Waals surface area contributed by atoms with Crippen LogP contribution in [-0.2, 0) is 4.79 Å². The van der Waals surface area contributed by atoms with Crippen molar-refractivity contribution >= 4 is 40.7 Å². The van der Waals surface area contributed by atoms with Crippen LogP contribution < -0.4 is 10.2 Å².